The van der Waals surface area contributed by atoms with Crippen LogP contribution in [0.15, 0.2) is 42.9 Å². The Bertz CT molecular complexity index is 953. The summed E-state index contributed by atoms with van der Waals surface area (Å²) in [5, 5.41) is 8.87. The Labute approximate surface area is 137 Å². The zero-order chi connectivity index (χ0) is 16.5. The smallest absolute Gasteiger partial charge is 0.254 e. The van der Waals surface area contributed by atoms with Crippen molar-refractivity contribution in [1.82, 2.24) is 19.9 Å². The lowest BCUT2D eigenvalue weighted by atomic mass is 10.1. The molecule has 4 rings (SSSR count). The first-order valence-electron chi connectivity index (χ1n) is 7.48. The molecule has 0 bridgehead atoms. The zero-order valence-corrected chi connectivity index (χ0v) is 12.6. The summed E-state index contributed by atoms with van der Waals surface area (Å²) in [6.45, 7) is 0.997. The van der Waals surface area contributed by atoms with E-state index in [2.05, 4.69) is 15.0 Å². The second-order valence-corrected chi connectivity index (χ2v) is 5.58. The van der Waals surface area contributed by atoms with Crippen LogP contribution in [-0.4, -0.2) is 45.0 Å². The predicted molar refractivity (Wildman–Crippen MR) is 85.4 cm³/mol. The monoisotopic (exact) mass is 319 g/mol. The van der Waals surface area contributed by atoms with Crippen molar-refractivity contribution in [2.45, 2.75) is 6.10 Å². The van der Waals surface area contributed by atoms with Crippen LogP contribution in [0.25, 0.3) is 11.0 Å². The second-order valence-electron chi connectivity index (χ2n) is 5.58. The molecule has 1 aromatic carbocycles. The molecule has 0 saturated carbocycles. The van der Waals surface area contributed by atoms with Crippen LogP contribution in [0, 0.1) is 11.3 Å². The minimum absolute atomic E-state index is 0.0370. The molecule has 7 heteroatoms. The molecule has 3 heterocycles. The lowest BCUT2D eigenvalue weighted by Crippen LogP contribution is -2.56. The van der Waals surface area contributed by atoms with Crippen LogP contribution >= 0.6 is 0 Å². The third-order valence-electron chi connectivity index (χ3n) is 3.95. The number of benzene rings is 1. The fraction of sp³-hybridized carbons (Fsp3) is 0.176. The van der Waals surface area contributed by atoms with Crippen molar-refractivity contribution >= 4 is 16.9 Å². The van der Waals surface area contributed by atoms with Crippen molar-refractivity contribution in [3.05, 3.63) is 54.0 Å². The van der Waals surface area contributed by atoms with Crippen molar-refractivity contribution in [3.63, 3.8) is 0 Å². The maximum atomic E-state index is 12.5. The van der Waals surface area contributed by atoms with Gasteiger partial charge in [0.1, 0.15) is 6.10 Å². The van der Waals surface area contributed by atoms with Crippen molar-refractivity contribution in [2.75, 3.05) is 13.1 Å². The van der Waals surface area contributed by atoms with E-state index < -0.39 is 0 Å². The van der Waals surface area contributed by atoms with Gasteiger partial charge in [-0.25, -0.2) is 9.97 Å². The van der Waals surface area contributed by atoms with Gasteiger partial charge in [-0.15, -0.1) is 0 Å². The molecule has 1 fully saturated rings. The Kier molecular flexibility index (Phi) is 3.35. The second kappa shape index (κ2) is 5.66. The number of hydrogen-bond acceptors (Lipinski definition) is 5. The minimum Gasteiger partial charge on any atom is -0.471 e. The molecule has 24 heavy (non-hydrogen) atoms. The summed E-state index contributed by atoms with van der Waals surface area (Å²) in [7, 11) is 0. The molecule has 1 aliphatic rings. The standard InChI is InChI=1S/C17H13N5O2/c18-7-11-3-4-19-16(5-11)24-13-8-22(9-13)17(23)12-1-2-14-15(6-12)21-10-20-14/h1-6,10,13H,8-9H2,(H,20,21). The number of carbonyl (C=O) groups is 1. The normalized spacial score (nSPS) is 14.2. The summed E-state index contributed by atoms with van der Waals surface area (Å²) in [6, 6.07) is 10.7. The van der Waals surface area contributed by atoms with E-state index in [1.54, 1.807) is 35.5 Å². The number of imidazole rings is 1. The fourth-order valence-corrected chi connectivity index (χ4v) is 2.64. The number of rotatable bonds is 3. The number of likely N-dealkylation sites (tertiary alicyclic amines) is 1. The Morgan fingerprint density at radius 1 is 1.29 bits per heavy atom. The van der Waals surface area contributed by atoms with E-state index in [0.29, 0.717) is 30.1 Å². The first-order valence-corrected chi connectivity index (χ1v) is 7.48. The van der Waals surface area contributed by atoms with Crippen molar-refractivity contribution in [2.24, 2.45) is 0 Å². The van der Waals surface area contributed by atoms with Crippen LogP contribution in [0.5, 0.6) is 5.88 Å². The number of nitrogens with one attached hydrogen (secondary N) is 1. The highest BCUT2D eigenvalue weighted by Crippen LogP contribution is 2.20. The lowest BCUT2D eigenvalue weighted by molar-refractivity contribution is 0.0160. The lowest BCUT2D eigenvalue weighted by Gasteiger charge is -2.38. The van der Waals surface area contributed by atoms with Gasteiger partial charge in [-0.05, 0) is 24.3 Å². The molecule has 0 unspecified atom stereocenters. The molecular formula is C17H13N5O2. The van der Waals surface area contributed by atoms with E-state index in [9.17, 15) is 4.79 Å². The average molecular weight is 319 g/mol. The van der Waals surface area contributed by atoms with Crippen LogP contribution in [0.1, 0.15) is 15.9 Å². The van der Waals surface area contributed by atoms with Gasteiger partial charge in [0.15, 0.2) is 0 Å². The molecule has 0 atom stereocenters. The van der Waals surface area contributed by atoms with Gasteiger partial charge in [-0.2, -0.15) is 5.26 Å². The molecule has 0 spiro atoms. The van der Waals surface area contributed by atoms with Gasteiger partial charge in [0.25, 0.3) is 5.91 Å². The van der Waals surface area contributed by atoms with Gasteiger partial charge >= 0.3 is 0 Å². The number of amides is 1. The maximum Gasteiger partial charge on any atom is 0.254 e. The molecule has 1 N–H and O–H groups in total. The fourth-order valence-electron chi connectivity index (χ4n) is 2.64. The Morgan fingerprint density at radius 2 is 2.17 bits per heavy atom. The van der Waals surface area contributed by atoms with E-state index in [4.69, 9.17) is 10.00 Å². The van der Waals surface area contributed by atoms with Gasteiger partial charge in [-0.1, -0.05) is 0 Å². The number of aromatic amines is 1. The summed E-state index contributed by atoms with van der Waals surface area (Å²) in [5.41, 5.74) is 2.79. The van der Waals surface area contributed by atoms with Gasteiger partial charge in [0.05, 0.1) is 42.1 Å². The zero-order valence-electron chi connectivity index (χ0n) is 12.6. The van der Waals surface area contributed by atoms with Crippen LogP contribution in [0.3, 0.4) is 0 Å². The predicted octanol–water partition coefficient (Wildman–Crippen LogP) is 1.73. The van der Waals surface area contributed by atoms with E-state index in [0.717, 1.165) is 11.0 Å². The quantitative estimate of drug-likeness (QED) is 0.793. The largest absolute Gasteiger partial charge is 0.471 e. The number of nitrogens with zero attached hydrogens (tertiary/aromatic N) is 4. The maximum absolute atomic E-state index is 12.5. The van der Waals surface area contributed by atoms with Crippen LogP contribution in [0.2, 0.25) is 0 Å². The Balaban J connectivity index is 1.39. The molecule has 0 aliphatic carbocycles. The van der Waals surface area contributed by atoms with E-state index in [1.165, 1.54) is 6.20 Å². The third kappa shape index (κ3) is 2.54. The topological polar surface area (TPSA) is 94.9 Å². The molecule has 7 nitrogen and oxygen atoms in total. The number of hydrogen-bond donors (Lipinski definition) is 1. The van der Waals surface area contributed by atoms with Crippen molar-refractivity contribution < 1.29 is 9.53 Å². The highest BCUT2D eigenvalue weighted by atomic mass is 16.5. The molecule has 118 valence electrons. The summed E-state index contributed by atoms with van der Waals surface area (Å²) in [5.74, 6) is 0.370. The highest BCUT2D eigenvalue weighted by Gasteiger charge is 2.33. The van der Waals surface area contributed by atoms with Crippen LogP contribution in [0.4, 0.5) is 0 Å². The first kappa shape index (κ1) is 14.2. The summed E-state index contributed by atoms with van der Waals surface area (Å²) in [4.78, 5) is 25.4. The van der Waals surface area contributed by atoms with Crippen LogP contribution in [-0.2, 0) is 0 Å². The number of pyridine rings is 1. The van der Waals surface area contributed by atoms with Crippen molar-refractivity contribution in [3.8, 4) is 11.9 Å². The molecule has 1 amide bonds. The van der Waals surface area contributed by atoms with Gasteiger partial charge in [0, 0.05) is 17.8 Å². The Hall–Kier alpha value is -3.40. The molecule has 2 aromatic heterocycles. The molecule has 1 saturated heterocycles. The summed E-state index contributed by atoms with van der Waals surface area (Å²) < 4.78 is 5.69. The number of aromatic nitrogens is 3. The Morgan fingerprint density at radius 3 is 3.00 bits per heavy atom. The van der Waals surface area contributed by atoms with E-state index >= 15 is 0 Å². The number of ether oxygens (including phenoxy) is 1. The molecule has 1 aliphatic heterocycles. The van der Waals surface area contributed by atoms with Gasteiger partial charge in [0.2, 0.25) is 5.88 Å². The molecule has 0 radical (unpaired) electrons. The number of nitriles is 1. The summed E-state index contributed by atoms with van der Waals surface area (Å²) in [6.07, 6.45) is 3.04. The SMILES string of the molecule is N#Cc1ccnc(OC2CN(C(=O)c3ccc4nc[nH]c4c3)C2)c1. The van der Waals surface area contributed by atoms with E-state index in [-0.39, 0.29) is 12.0 Å². The molecular weight excluding hydrogens is 306 g/mol. The minimum atomic E-state index is -0.105. The summed E-state index contributed by atoms with van der Waals surface area (Å²) >= 11 is 0. The van der Waals surface area contributed by atoms with Crippen LogP contribution < -0.4 is 4.74 Å². The van der Waals surface area contributed by atoms with Gasteiger partial charge < -0.3 is 14.6 Å². The first-order chi connectivity index (χ1) is 11.7. The molecule has 3 aromatic rings. The van der Waals surface area contributed by atoms with Crippen molar-refractivity contribution in [1.29, 1.82) is 5.26 Å². The average Bonchev–Trinajstić information content (AvgIpc) is 3.05. The number of carbonyl (C=O) groups excluding carboxylic acids is 1. The highest BCUT2D eigenvalue weighted by molar-refractivity contribution is 5.97. The number of H-pyrrole nitrogens is 1. The van der Waals surface area contributed by atoms with E-state index in [1.807, 2.05) is 12.1 Å². The number of fused-ring (bicyclic) bond motifs is 1. The van der Waals surface area contributed by atoms with Gasteiger partial charge in [-0.3, -0.25) is 4.79 Å². The third-order valence-corrected chi connectivity index (χ3v) is 3.95.